The van der Waals surface area contributed by atoms with Gasteiger partial charge in [0, 0.05) is 37.9 Å². The molecule has 1 fully saturated rings. The fourth-order valence-electron chi connectivity index (χ4n) is 3.39. The predicted octanol–water partition coefficient (Wildman–Crippen LogP) is 1.56. The molecule has 1 aromatic rings. The summed E-state index contributed by atoms with van der Waals surface area (Å²) in [5.41, 5.74) is 9.84. The zero-order chi connectivity index (χ0) is 13.9. The van der Waals surface area contributed by atoms with Crippen molar-refractivity contribution in [3.63, 3.8) is 0 Å². The third-order valence-corrected chi connectivity index (χ3v) is 4.64. The summed E-state index contributed by atoms with van der Waals surface area (Å²) in [6.07, 6.45) is 6.26. The van der Waals surface area contributed by atoms with E-state index in [1.165, 1.54) is 55.6 Å². The Morgan fingerprint density at radius 2 is 2.05 bits per heavy atom. The Labute approximate surface area is 122 Å². The lowest BCUT2D eigenvalue weighted by Gasteiger charge is -2.24. The standard InChI is InChI=1S/C16H26N4/c1-19(9-10-20-7-2-3-8-20)16-14(12-17)11-13-5-4-6-15(13)18-16/h11H,2-10,12,17H2,1H3. The van der Waals surface area contributed by atoms with Gasteiger partial charge in [0.15, 0.2) is 0 Å². The monoisotopic (exact) mass is 274 g/mol. The molecule has 0 aromatic carbocycles. The molecule has 0 radical (unpaired) electrons. The first-order valence-electron chi connectivity index (χ1n) is 7.93. The number of hydrogen-bond acceptors (Lipinski definition) is 4. The van der Waals surface area contributed by atoms with Crippen LogP contribution in [0, 0.1) is 0 Å². The van der Waals surface area contributed by atoms with Crippen LogP contribution in [0.4, 0.5) is 5.82 Å². The lowest BCUT2D eigenvalue weighted by Crippen LogP contribution is -2.32. The van der Waals surface area contributed by atoms with Gasteiger partial charge in [-0.2, -0.15) is 0 Å². The molecule has 0 saturated carbocycles. The van der Waals surface area contributed by atoms with E-state index in [1.54, 1.807) is 0 Å². The molecule has 0 unspecified atom stereocenters. The first-order valence-corrected chi connectivity index (χ1v) is 7.93. The van der Waals surface area contributed by atoms with Gasteiger partial charge in [0.25, 0.3) is 0 Å². The van der Waals surface area contributed by atoms with E-state index in [2.05, 4.69) is 22.9 Å². The maximum atomic E-state index is 5.92. The Hall–Kier alpha value is -1.13. The molecule has 1 saturated heterocycles. The molecule has 2 heterocycles. The smallest absolute Gasteiger partial charge is 0.133 e. The van der Waals surface area contributed by atoms with Gasteiger partial charge < -0.3 is 15.5 Å². The second-order valence-corrected chi connectivity index (χ2v) is 6.10. The molecule has 1 aromatic heterocycles. The Morgan fingerprint density at radius 1 is 1.25 bits per heavy atom. The second kappa shape index (κ2) is 6.10. The van der Waals surface area contributed by atoms with E-state index in [-0.39, 0.29) is 0 Å². The number of aromatic nitrogens is 1. The van der Waals surface area contributed by atoms with Gasteiger partial charge in [-0.05, 0) is 56.8 Å². The van der Waals surface area contributed by atoms with Gasteiger partial charge in [-0.1, -0.05) is 0 Å². The summed E-state index contributed by atoms with van der Waals surface area (Å²) in [5, 5.41) is 0. The molecular formula is C16H26N4. The van der Waals surface area contributed by atoms with Crippen molar-refractivity contribution in [2.45, 2.75) is 38.6 Å². The highest BCUT2D eigenvalue weighted by molar-refractivity contribution is 5.50. The molecule has 2 aliphatic rings. The number of hydrogen-bond donors (Lipinski definition) is 1. The summed E-state index contributed by atoms with van der Waals surface area (Å²) in [4.78, 5) is 9.74. The topological polar surface area (TPSA) is 45.4 Å². The summed E-state index contributed by atoms with van der Waals surface area (Å²) in [6.45, 7) is 5.28. The van der Waals surface area contributed by atoms with E-state index in [4.69, 9.17) is 10.7 Å². The molecule has 4 nitrogen and oxygen atoms in total. The maximum Gasteiger partial charge on any atom is 0.133 e. The number of aryl methyl sites for hydroxylation is 2. The van der Waals surface area contributed by atoms with Crippen LogP contribution in [0.1, 0.15) is 36.1 Å². The molecule has 0 amide bonds. The predicted molar refractivity (Wildman–Crippen MR) is 83.1 cm³/mol. The quantitative estimate of drug-likeness (QED) is 0.885. The molecule has 110 valence electrons. The molecule has 20 heavy (non-hydrogen) atoms. The molecule has 0 spiro atoms. The number of likely N-dealkylation sites (tertiary alicyclic amines) is 1. The summed E-state index contributed by atoms with van der Waals surface area (Å²) in [5.74, 6) is 1.10. The van der Waals surface area contributed by atoms with E-state index in [0.29, 0.717) is 6.54 Å². The zero-order valence-corrected chi connectivity index (χ0v) is 12.6. The average Bonchev–Trinajstić information content (AvgIpc) is 3.13. The number of anilines is 1. The van der Waals surface area contributed by atoms with Crippen LogP contribution in [0.2, 0.25) is 0 Å². The SMILES string of the molecule is CN(CCN1CCCC1)c1nc2c(cc1CN)CCC2. The van der Waals surface area contributed by atoms with E-state index in [1.807, 2.05) is 0 Å². The molecule has 0 atom stereocenters. The van der Waals surface area contributed by atoms with Crippen molar-refractivity contribution in [2.75, 3.05) is 38.1 Å². The van der Waals surface area contributed by atoms with Crippen LogP contribution in [-0.2, 0) is 19.4 Å². The van der Waals surface area contributed by atoms with Crippen LogP contribution in [0.5, 0.6) is 0 Å². The number of fused-ring (bicyclic) bond motifs is 1. The van der Waals surface area contributed by atoms with Crippen molar-refractivity contribution in [3.05, 3.63) is 22.9 Å². The van der Waals surface area contributed by atoms with Crippen LogP contribution in [0.3, 0.4) is 0 Å². The van der Waals surface area contributed by atoms with Gasteiger partial charge in [0.1, 0.15) is 5.82 Å². The van der Waals surface area contributed by atoms with E-state index in [0.717, 1.165) is 25.3 Å². The Kier molecular flexibility index (Phi) is 4.22. The Morgan fingerprint density at radius 3 is 2.80 bits per heavy atom. The normalized spacial score (nSPS) is 18.5. The minimum absolute atomic E-state index is 0.587. The van der Waals surface area contributed by atoms with Gasteiger partial charge in [-0.3, -0.25) is 0 Å². The molecule has 2 N–H and O–H groups in total. The van der Waals surface area contributed by atoms with E-state index >= 15 is 0 Å². The summed E-state index contributed by atoms with van der Waals surface area (Å²) in [7, 11) is 2.15. The van der Waals surface area contributed by atoms with Crippen LogP contribution in [0.25, 0.3) is 0 Å². The van der Waals surface area contributed by atoms with Crippen LogP contribution in [-0.4, -0.2) is 43.1 Å². The summed E-state index contributed by atoms with van der Waals surface area (Å²) in [6, 6.07) is 2.29. The van der Waals surface area contributed by atoms with Crippen molar-refractivity contribution in [1.29, 1.82) is 0 Å². The van der Waals surface area contributed by atoms with E-state index < -0.39 is 0 Å². The maximum absolute atomic E-state index is 5.92. The molecule has 1 aliphatic heterocycles. The van der Waals surface area contributed by atoms with Gasteiger partial charge >= 0.3 is 0 Å². The highest BCUT2D eigenvalue weighted by Crippen LogP contribution is 2.26. The van der Waals surface area contributed by atoms with Gasteiger partial charge in [0.2, 0.25) is 0 Å². The zero-order valence-electron chi connectivity index (χ0n) is 12.6. The van der Waals surface area contributed by atoms with Crippen molar-refractivity contribution < 1.29 is 0 Å². The third kappa shape index (κ3) is 2.81. The molecule has 4 heteroatoms. The van der Waals surface area contributed by atoms with Crippen molar-refractivity contribution in [2.24, 2.45) is 5.73 Å². The molecule has 0 bridgehead atoms. The van der Waals surface area contributed by atoms with E-state index in [9.17, 15) is 0 Å². The number of nitrogens with zero attached hydrogens (tertiary/aromatic N) is 3. The number of pyridine rings is 1. The molecule has 1 aliphatic carbocycles. The lowest BCUT2D eigenvalue weighted by molar-refractivity contribution is 0.346. The van der Waals surface area contributed by atoms with Crippen molar-refractivity contribution in [3.8, 4) is 0 Å². The van der Waals surface area contributed by atoms with Crippen LogP contribution < -0.4 is 10.6 Å². The van der Waals surface area contributed by atoms with Gasteiger partial charge in [-0.25, -0.2) is 4.98 Å². The fourth-order valence-corrected chi connectivity index (χ4v) is 3.39. The molecule has 3 rings (SSSR count). The van der Waals surface area contributed by atoms with Gasteiger partial charge in [0.05, 0.1) is 0 Å². The second-order valence-electron chi connectivity index (χ2n) is 6.10. The van der Waals surface area contributed by atoms with Crippen molar-refractivity contribution >= 4 is 5.82 Å². The number of likely N-dealkylation sites (N-methyl/N-ethyl adjacent to an activating group) is 1. The largest absolute Gasteiger partial charge is 0.358 e. The van der Waals surface area contributed by atoms with Crippen LogP contribution >= 0.6 is 0 Å². The third-order valence-electron chi connectivity index (χ3n) is 4.64. The minimum Gasteiger partial charge on any atom is -0.358 e. The summed E-state index contributed by atoms with van der Waals surface area (Å²) >= 11 is 0. The summed E-state index contributed by atoms with van der Waals surface area (Å²) < 4.78 is 0. The Bertz CT molecular complexity index is 466. The number of rotatable bonds is 5. The van der Waals surface area contributed by atoms with Crippen LogP contribution in [0.15, 0.2) is 6.07 Å². The first-order chi connectivity index (χ1) is 9.78. The fraction of sp³-hybridized carbons (Fsp3) is 0.688. The highest BCUT2D eigenvalue weighted by Gasteiger charge is 2.18. The van der Waals surface area contributed by atoms with Crippen molar-refractivity contribution in [1.82, 2.24) is 9.88 Å². The first kappa shape index (κ1) is 13.8. The lowest BCUT2D eigenvalue weighted by atomic mass is 10.1. The minimum atomic E-state index is 0.587. The average molecular weight is 274 g/mol. The van der Waals surface area contributed by atoms with Gasteiger partial charge in [-0.15, -0.1) is 0 Å². The highest BCUT2D eigenvalue weighted by atomic mass is 15.2. The number of nitrogens with two attached hydrogens (primary N) is 1. The Balaban J connectivity index is 1.71. The molecular weight excluding hydrogens is 248 g/mol.